The molecule has 1 N–H and O–H groups in total. The summed E-state index contributed by atoms with van der Waals surface area (Å²) in [6.07, 6.45) is 1.01. The Hall–Kier alpha value is -2.43. The van der Waals surface area contributed by atoms with Gasteiger partial charge in [-0.25, -0.2) is 4.98 Å². The van der Waals surface area contributed by atoms with E-state index in [2.05, 4.69) is 16.4 Å². The molecule has 3 aromatic rings. The topological polar surface area (TPSA) is 78.9 Å². The zero-order valence-corrected chi connectivity index (χ0v) is 14.9. The zero-order chi connectivity index (χ0) is 17.1. The number of anilines is 1. The monoisotopic (exact) mass is 357 g/mol. The number of nitrogens with one attached hydrogen (secondary N) is 1. The van der Waals surface area contributed by atoms with Gasteiger partial charge in [-0.3, -0.25) is 4.79 Å². The summed E-state index contributed by atoms with van der Waals surface area (Å²) in [6.45, 7) is 3.90. The van der Waals surface area contributed by atoms with E-state index in [9.17, 15) is 4.79 Å². The van der Waals surface area contributed by atoms with E-state index in [1.165, 1.54) is 22.7 Å². The smallest absolute Gasteiger partial charge is 0.231 e. The Labute approximate surface area is 147 Å². The lowest BCUT2D eigenvalue weighted by molar-refractivity contribution is -0.115. The number of carbonyl (C=O) groups excluding carboxylic acids is 1. The van der Waals surface area contributed by atoms with Crippen molar-refractivity contribution in [1.82, 2.24) is 4.98 Å². The van der Waals surface area contributed by atoms with Crippen molar-refractivity contribution in [2.45, 2.75) is 26.7 Å². The number of thiazole rings is 1. The number of nitriles is 1. The quantitative estimate of drug-likeness (QED) is 0.734. The molecule has 0 aliphatic rings. The van der Waals surface area contributed by atoms with Crippen molar-refractivity contribution >= 4 is 33.6 Å². The van der Waals surface area contributed by atoms with Gasteiger partial charge in [-0.1, -0.05) is 6.92 Å². The van der Waals surface area contributed by atoms with Crippen molar-refractivity contribution in [3.8, 4) is 16.8 Å². The van der Waals surface area contributed by atoms with Crippen molar-refractivity contribution in [2.24, 2.45) is 0 Å². The van der Waals surface area contributed by atoms with Gasteiger partial charge in [0, 0.05) is 10.3 Å². The fourth-order valence-corrected chi connectivity index (χ4v) is 3.92. The van der Waals surface area contributed by atoms with Crippen LogP contribution in [0, 0.1) is 18.3 Å². The average Bonchev–Trinajstić information content (AvgIpc) is 3.27. The summed E-state index contributed by atoms with van der Waals surface area (Å²) in [5.41, 5.74) is 1.20. The normalized spacial score (nSPS) is 10.5. The van der Waals surface area contributed by atoms with Gasteiger partial charge in [-0.05, 0) is 31.5 Å². The van der Waals surface area contributed by atoms with E-state index in [0.717, 1.165) is 22.1 Å². The Morgan fingerprint density at radius 3 is 2.96 bits per heavy atom. The van der Waals surface area contributed by atoms with E-state index in [4.69, 9.17) is 9.68 Å². The van der Waals surface area contributed by atoms with E-state index < -0.39 is 0 Å². The van der Waals surface area contributed by atoms with Crippen molar-refractivity contribution < 1.29 is 9.21 Å². The van der Waals surface area contributed by atoms with Crippen LogP contribution in [0.2, 0.25) is 0 Å². The second kappa shape index (κ2) is 6.99. The number of amides is 1. The van der Waals surface area contributed by atoms with Crippen LogP contribution in [0.25, 0.3) is 10.8 Å². The summed E-state index contributed by atoms with van der Waals surface area (Å²) in [7, 11) is 0. The molecule has 0 aliphatic carbocycles. The first-order valence-electron chi connectivity index (χ1n) is 7.43. The number of carbonyl (C=O) groups is 1. The second-order valence-electron chi connectivity index (χ2n) is 5.20. The van der Waals surface area contributed by atoms with Gasteiger partial charge in [-0.2, -0.15) is 5.26 Å². The predicted molar refractivity (Wildman–Crippen MR) is 95.3 cm³/mol. The lowest BCUT2D eigenvalue weighted by atomic mass is 10.2. The van der Waals surface area contributed by atoms with Crippen LogP contribution in [0.15, 0.2) is 28.0 Å². The number of nitrogens with zero attached hydrogens (tertiary/aromatic N) is 2. The summed E-state index contributed by atoms with van der Waals surface area (Å²) in [4.78, 5) is 17.7. The van der Waals surface area contributed by atoms with E-state index in [1.807, 2.05) is 37.4 Å². The molecule has 0 bridgehead atoms. The summed E-state index contributed by atoms with van der Waals surface area (Å²) in [5.74, 6) is 1.36. The first-order valence-corrected chi connectivity index (χ1v) is 9.12. The van der Waals surface area contributed by atoms with Crippen molar-refractivity contribution in [3.63, 3.8) is 0 Å². The highest BCUT2D eigenvalue weighted by Crippen LogP contribution is 2.29. The van der Waals surface area contributed by atoms with E-state index in [1.54, 1.807) is 0 Å². The molecule has 3 rings (SSSR count). The summed E-state index contributed by atoms with van der Waals surface area (Å²) in [5, 5.41) is 15.2. The van der Waals surface area contributed by atoms with Crippen molar-refractivity contribution in [1.29, 1.82) is 5.26 Å². The number of aromatic nitrogens is 1. The molecule has 7 heteroatoms. The van der Waals surface area contributed by atoms with Gasteiger partial charge in [0.1, 0.15) is 16.8 Å². The fourth-order valence-electron chi connectivity index (χ4n) is 2.18. The van der Waals surface area contributed by atoms with Gasteiger partial charge >= 0.3 is 0 Å². The molecule has 0 fully saturated rings. The third kappa shape index (κ3) is 3.55. The molecule has 5 nitrogen and oxygen atoms in total. The Morgan fingerprint density at radius 1 is 1.46 bits per heavy atom. The van der Waals surface area contributed by atoms with E-state index in [-0.39, 0.29) is 12.3 Å². The van der Waals surface area contributed by atoms with Gasteiger partial charge in [0.05, 0.1) is 17.7 Å². The minimum atomic E-state index is -0.177. The largest absolute Gasteiger partial charge is 0.459 e. The number of furan rings is 1. The number of aryl methyl sites for hydroxylation is 2. The SMILES string of the molecule is CCc1cc(C#N)c(NC(=O)Cc2csc(-c3ccc(C)o3)n2)s1. The molecule has 0 radical (unpaired) electrons. The van der Waals surface area contributed by atoms with Gasteiger partial charge in [0.2, 0.25) is 5.91 Å². The third-order valence-electron chi connectivity index (χ3n) is 3.35. The molecule has 3 heterocycles. The molecular weight excluding hydrogens is 342 g/mol. The predicted octanol–water partition coefficient (Wildman–Crippen LogP) is 4.39. The first-order chi connectivity index (χ1) is 11.6. The number of thiophene rings is 1. The summed E-state index contributed by atoms with van der Waals surface area (Å²) in [6, 6.07) is 7.69. The van der Waals surface area contributed by atoms with Crippen LogP contribution in [-0.4, -0.2) is 10.9 Å². The van der Waals surface area contributed by atoms with Crippen molar-refractivity contribution in [2.75, 3.05) is 5.32 Å². The fraction of sp³-hybridized carbons (Fsp3) is 0.235. The maximum Gasteiger partial charge on any atom is 0.231 e. The second-order valence-corrected chi connectivity index (χ2v) is 7.19. The maximum absolute atomic E-state index is 12.2. The molecular formula is C17H15N3O2S2. The zero-order valence-electron chi connectivity index (χ0n) is 13.3. The van der Waals surface area contributed by atoms with Gasteiger partial charge in [0.15, 0.2) is 10.8 Å². The third-order valence-corrected chi connectivity index (χ3v) is 5.45. The Balaban J connectivity index is 1.68. The summed E-state index contributed by atoms with van der Waals surface area (Å²) < 4.78 is 5.54. The first kappa shape index (κ1) is 16.4. The van der Waals surface area contributed by atoms with Gasteiger partial charge in [0.25, 0.3) is 0 Å². The molecule has 0 unspecified atom stereocenters. The van der Waals surface area contributed by atoms with Crippen LogP contribution in [-0.2, 0) is 17.6 Å². The van der Waals surface area contributed by atoms with E-state index >= 15 is 0 Å². The molecule has 0 aliphatic heterocycles. The molecule has 0 saturated heterocycles. The molecule has 0 aromatic carbocycles. The van der Waals surface area contributed by atoms with Crippen LogP contribution in [0.1, 0.15) is 28.8 Å². The average molecular weight is 357 g/mol. The van der Waals surface area contributed by atoms with Crippen LogP contribution in [0.3, 0.4) is 0 Å². The van der Waals surface area contributed by atoms with Crippen LogP contribution < -0.4 is 5.32 Å². The molecule has 0 spiro atoms. The molecule has 24 heavy (non-hydrogen) atoms. The van der Waals surface area contributed by atoms with Gasteiger partial charge < -0.3 is 9.73 Å². The van der Waals surface area contributed by atoms with Crippen LogP contribution in [0.5, 0.6) is 0 Å². The number of hydrogen-bond donors (Lipinski definition) is 1. The molecule has 3 aromatic heterocycles. The lowest BCUT2D eigenvalue weighted by Gasteiger charge is -2.01. The lowest BCUT2D eigenvalue weighted by Crippen LogP contribution is -2.14. The molecule has 0 atom stereocenters. The minimum Gasteiger partial charge on any atom is -0.459 e. The maximum atomic E-state index is 12.2. The highest BCUT2D eigenvalue weighted by atomic mass is 32.1. The Kier molecular flexibility index (Phi) is 4.79. The van der Waals surface area contributed by atoms with Gasteiger partial charge in [-0.15, -0.1) is 22.7 Å². The highest BCUT2D eigenvalue weighted by Gasteiger charge is 2.14. The molecule has 122 valence electrons. The minimum absolute atomic E-state index is 0.167. The number of rotatable bonds is 5. The Morgan fingerprint density at radius 2 is 2.29 bits per heavy atom. The number of hydrogen-bond acceptors (Lipinski definition) is 6. The van der Waals surface area contributed by atoms with Crippen molar-refractivity contribution in [3.05, 3.63) is 45.5 Å². The van der Waals surface area contributed by atoms with E-state index in [0.29, 0.717) is 22.0 Å². The highest BCUT2D eigenvalue weighted by molar-refractivity contribution is 7.16. The van der Waals surface area contributed by atoms with Crippen LogP contribution in [0.4, 0.5) is 5.00 Å². The summed E-state index contributed by atoms with van der Waals surface area (Å²) >= 11 is 2.89. The molecule has 0 saturated carbocycles. The standard InChI is InChI=1S/C17H15N3O2S2/c1-3-13-6-11(8-18)16(24-13)20-15(21)7-12-9-23-17(19-12)14-5-4-10(2)22-14/h4-6,9H,3,7H2,1-2H3,(H,20,21). The molecule has 1 amide bonds. The van der Waals surface area contributed by atoms with Crippen LogP contribution >= 0.6 is 22.7 Å². The Bertz CT molecular complexity index is 915.